The molecule has 0 fully saturated rings. The van der Waals surface area contributed by atoms with E-state index in [0.29, 0.717) is 0 Å². The second-order valence-electron chi connectivity index (χ2n) is 1.47. The first kappa shape index (κ1) is 13.5. The summed E-state index contributed by atoms with van der Waals surface area (Å²) >= 11 is 0. The Balaban J connectivity index is 0. The zero-order valence-corrected chi connectivity index (χ0v) is 8.23. The molecule has 9 heteroatoms. The van der Waals surface area contributed by atoms with Crippen LogP contribution in [0, 0.1) is 0 Å². The largest absolute Gasteiger partial charge is 0.337 e. The van der Waals surface area contributed by atoms with Gasteiger partial charge in [-0.25, -0.2) is 0 Å². The van der Waals surface area contributed by atoms with Crippen molar-refractivity contribution in [3.63, 3.8) is 0 Å². The minimum atomic E-state index is -4.55. The van der Waals surface area contributed by atoms with Crippen LogP contribution in [0.5, 0.6) is 0 Å². The molecule has 63 valence electrons. The summed E-state index contributed by atoms with van der Waals surface area (Å²) in [4.78, 5) is 31.9. The molecule has 0 amide bonds. The van der Waals surface area contributed by atoms with Gasteiger partial charge in [0.2, 0.25) is 0 Å². The topological polar surface area (TPSA) is 115 Å². The summed E-state index contributed by atoms with van der Waals surface area (Å²) in [5, 5.41) is 0. The Kier molecular flexibility index (Phi) is 5.54. The maximum atomic E-state index is 9.85. The molecule has 10 heavy (non-hydrogen) atoms. The Morgan fingerprint density at radius 3 is 1.10 bits per heavy atom. The van der Waals surface area contributed by atoms with Crippen LogP contribution in [0.3, 0.4) is 0 Å². The van der Waals surface area contributed by atoms with Crippen LogP contribution < -0.4 is 0 Å². The molecule has 0 aromatic heterocycles. The standard InChI is InChI=1S/CH6O6P2.Tc/c2-8(3,4)1-9(5,6)7;/h1H2,(H2,2,3,4)(H2,5,6,7);. The van der Waals surface area contributed by atoms with E-state index in [2.05, 4.69) is 0 Å². The quantitative estimate of drug-likeness (QED) is 0.495. The molecule has 0 unspecified atom stereocenters. The molecule has 0 aromatic rings. The summed E-state index contributed by atoms with van der Waals surface area (Å²) in [6.07, 6.45) is 0. The predicted molar refractivity (Wildman–Crippen MR) is 29.0 cm³/mol. The van der Waals surface area contributed by atoms with E-state index in [1.807, 2.05) is 0 Å². The van der Waals surface area contributed by atoms with Gasteiger partial charge >= 0.3 is 15.2 Å². The molecule has 6 nitrogen and oxygen atoms in total. The van der Waals surface area contributed by atoms with Gasteiger partial charge in [-0.15, -0.1) is 0 Å². The zero-order chi connectivity index (χ0) is 7.71. The van der Waals surface area contributed by atoms with E-state index < -0.39 is 21.1 Å². The van der Waals surface area contributed by atoms with Crippen molar-refractivity contribution in [1.82, 2.24) is 0 Å². The monoisotopic (exact) mass is 273 g/mol. The van der Waals surface area contributed by atoms with E-state index in [4.69, 9.17) is 19.6 Å². The molecule has 0 bridgehead atoms. The summed E-state index contributed by atoms with van der Waals surface area (Å²) in [7, 11) is -9.10. The van der Waals surface area contributed by atoms with E-state index in [0.717, 1.165) is 0 Å². The molecule has 0 heterocycles. The molecule has 0 rings (SSSR count). The number of hydrogen-bond donors (Lipinski definition) is 4. The van der Waals surface area contributed by atoms with E-state index in [1.54, 1.807) is 0 Å². The average Bonchev–Trinajstić information content (AvgIpc) is 1.14. The van der Waals surface area contributed by atoms with E-state index in [1.165, 1.54) is 0 Å². The fraction of sp³-hybridized carbons (Fsp3) is 1.00. The molecule has 0 saturated heterocycles. The van der Waals surface area contributed by atoms with Crippen LogP contribution >= 0.6 is 15.2 Å². The van der Waals surface area contributed by atoms with E-state index in [-0.39, 0.29) is 20.1 Å². The minimum Gasteiger partial charge on any atom is -0.324 e. The van der Waals surface area contributed by atoms with E-state index in [9.17, 15) is 9.13 Å². The molecule has 0 aliphatic carbocycles. The van der Waals surface area contributed by atoms with Crippen molar-refractivity contribution in [2.75, 3.05) is 5.90 Å². The van der Waals surface area contributed by atoms with Crippen molar-refractivity contribution < 1.29 is 48.8 Å². The van der Waals surface area contributed by atoms with Gasteiger partial charge in [0, 0.05) is 20.1 Å². The molecule has 0 aliphatic rings. The summed E-state index contributed by atoms with van der Waals surface area (Å²) in [5.74, 6) is -1.38. The molecular formula is CH6O6P2Tc. The molecule has 1 radical (unpaired) electrons. The molecule has 4 N–H and O–H groups in total. The van der Waals surface area contributed by atoms with Crippen LogP contribution in [0.25, 0.3) is 0 Å². The van der Waals surface area contributed by atoms with Gasteiger partial charge in [-0.3, -0.25) is 9.13 Å². The molecule has 0 atom stereocenters. The molecular weight excluding hydrogens is 268 g/mol. The predicted octanol–water partition coefficient (Wildman–Crippen LogP) is -0.703. The van der Waals surface area contributed by atoms with Crippen LogP contribution in [-0.2, 0) is 29.2 Å². The van der Waals surface area contributed by atoms with Crippen LogP contribution in [0.1, 0.15) is 0 Å². The third-order valence-electron chi connectivity index (χ3n) is 0.368. The van der Waals surface area contributed by atoms with Gasteiger partial charge in [0.25, 0.3) is 0 Å². The van der Waals surface area contributed by atoms with Crippen molar-refractivity contribution in [2.24, 2.45) is 0 Å². The Labute approximate surface area is 70.3 Å². The summed E-state index contributed by atoms with van der Waals surface area (Å²) < 4.78 is 19.7. The van der Waals surface area contributed by atoms with Crippen molar-refractivity contribution >= 4 is 15.2 Å². The number of hydrogen-bond acceptors (Lipinski definition) is 2. The van der Waals surface area contributed by atoms with Crippen LogP contribution in [0.2, 0.25) is 0 Å². The third-order valence-corrected chi connectivity index (χ3v) is 3.32. The first-order chi connectivity index (χ1) is 3.71. The van der Waals surface area contributed by atoms with E-state index >= 15 is 0 Å². The zero-order valence-electron chi connectivity index (χ0n) is 4.58. The minimum absolute atomic E-state index is 0. The smallest absolute Gasteiger partial charge is 0.324 e. The van der Waals surface area contributed by atoms with Crippen molar-refractivity contribution in [1.29, 1.82) is 0 Å². The maximum Gasteiger partial charge on any atom is 0.337 e. The normalized spacial score (nSPS) is 12.4. The van der Waals surface area contributed by atoms with Gasteiger partial charge in [0.1, 0.15) is 0 Å². The van der Waals surface area contributed by atoms with Crippen LogP contribution in [0.15, 0.2) is 0 Å². The maximum absolute atomic E-state index is 9.85. The van der Waals surface area contributed by atoms with Crippen molar-refractivity contribution in [2.45, 2.75) is 0 Å². The van der Waals surface area contributed by atoms with Gasteiger partial charge in [-0.1, -0.05) is 0 Å². The Morgan fingerprint density at radius 1 is 0.900 bits per heavy atom. The third kappa shape index (κ3) is 11.7. The SMILES string of the molecule is O=P(O)(O)CP(=O)(O)O.[Tc]. The summed E-state index contributed by atoms with van der Waals surface area (Å²) in [6.45, 7) is 0. The Hall–Kier alpha value is 0.949. The first-order valence-corrected chi connectivity index (χ1v) is 5.39. The van der Waals surface area contributed by atoms with Crippen molar-refractivity contribution in [3.8, 4) is 0 Å². The summed E-state index contributed by atoms with van der Waals surface area (Å²) in [6, 6.07) is 0. The molecule has 0 aromatic carbocycles. The fourth-order valence-electron chi connectivity index (χ4n) is 0.240. The van der Waals surface area contributed by atoms with Gasteiger partial charge in [0.05, 0.1) is 0 Å². The molecule has 0 saturated carbocycles. The van der Waals surface area contributed by atoms with Crippen LogP contribution in [-0.4, -0.2) is 25.5 Å². The fourth-order valence-corrected chi connectivity index (χ4v) is 2.16. The van der Waals surface area contributed by atoms with Gasteiger partial charge in [0.15, 0.2) is 5.90 Å². The average molecular weight is 274 g/mol. The molecule has 0 aliphatic heterocycles. The second-order valence-corrected chi connectivity index (χ2v) is 5.26. The van der Waals surface area contributed by atoms with Crippen molar-refractivity contribution in [3.05, 3.63) is 0 Å². The Bertz CT molecular complexity index is 156. The Morgan fingerprint density at radius 2 is 1.10 bits per heavy atom. The first-order valence-electron chi connectivity index (χ1n) is 1.80. The van der Waals surface area contributed by atoms with Gasteiger partial charge in [-0.05, 0) is 0 Å². The number of rotatable bonds is 2. The molecule has 0 spiro atoms. The van der Waals surface area contributed by atoms with Gasteiger partial charge in [-0.2, -0.15) is 0 Å². The summed E-state index contributed by atoms with van der Waals surface area (Å²) in [5.41, 5.74) is 0. The van der Waals surface area contributed by atoms with Gasteiger partial charge < -0.3 is 19.6 Å². The second kappa shape index (κ2) is 4.10. The van der Waals surface area contributed by atoms with Crippen LogP contribution in [0.4, 0.5) is 0 Å².